The number of aliphatic imine (C=N–C) groups is 2. The van der Waals surface area contributed by atoms with E-state index in [2.05, 4.69) is 9.98 Å². The molecular weight excluding hydrogens is 102 g/mol. The summed E-state index contributed by atoms with van der Waals surface area (Å²) >= 11 is 0. The van der Waals surface area contributed by atoms with Crippen LogP contribution in [-0.2, 0) is 0 Å². The highest BCUT2D eigenvalue weighted by molar-refractivity contribution is 5.70. The molecule has 0 radical (unpaired) electrons. The van der Waals surface area contributed by atoms with Crippen molar-refractivity contribution in [3.8, 4) is 0 Å². The zero-order chi connectivity index (χ0) is 6.41. The van der Waals surface area contributed by atoms with Crippen molar-refractivity contribution >= 4 is 12.7 Å². The summed E-state index contributed by atoms with van der Waals surface area (Å²) in [6.45, 7) is 0. The lowest BCUT2D eigenvalue weighted by molar-refractivity contribution is 0.644. The molecule has 0 fully saturated rings. The monoisotopic (exact) mass is 113 g/mol. The van der Waals surface area contributed by atoms with Gasteiger partial charge in [0.2, 0.25) is 0 Å². The second kappa shape index (κ2) is 4.30. The molecule has 8 heavy (non-hydrogen) atoms. The van der Waals surface area contributed by atoms with Gasteiger partial charge in [-0.25, -0.2) is 4.99 Å². The molecular formula is C5H11N3. The Morgan fingerprint density at radius 3 is 2.38 bits per heavy atom. The van der Waals surface area contributed by atoms with Gasteiger partial charge in [0.15, 0.2) is 0 Å². The highest BCUT2D eigenvalue weighted by Crippen LogP contribution is 1.63. The molecule has 3 heteroatoms. The Morgan fingerprint density at radius 1 is 1.38 bits per heavy atom. The average Bonchev–Trinajstić information content (AvgIpc) is 1.66. The number of hydrogen-bond donors (Lipinski definition) is 0. The quantitative estimate of drug-likeness (QED) is 0.372. The zero-order valence-electron chi connectivity index (χ0n) is 5.50. The van der Waals surface area contributed by atoms with E-state index in [1.54, 1.807) is 13.4 Å². The van der Waals surface area contributed by atoms with Crippen molar-refractivity contribution in [3.63, 3.8) is 0 Å². The smallest absolute Gasteiger partial charge is 0.111 e. The molecule has 0 rings (SSSR count). The highest BCUT2D eigenvalue weighted by Gasteiger charge is 1.70. The van der Waals surface area contributed by atoms with Crippen LogP contribution in [0.2, 0.25) is 0 Å². The lowest BCUT2D eigenvalue weighted by atomic mass is 10.9. The molecule has 0 aliphatic rings. The van der Waals surface area contributed by atoms with Gasteiger partial charge in [-0.1, -0.05) is 0 Å². The van der Waals surface area contributed by atoms with Gasteiger partial charge in [-0.05, 0) is 0 Å². The standard InChI is InChI=1S/C5H11N3/c1-6-4-7-5-8(2)3/h4-5H,1-3H3. The van der Waals surface area contributed by atoms with Crippen molar-refractivity contribution in [2.45, 2.75) is 0 Å². The van der Waals surface area contributed by atoms with Gasteiger partial charge in [0.25, 0.3) is 0 Å². The predicted octanol–water partition coefficient (Wildman–Crippen LogP) is 0.234. The fraction of sp³-hybridized carbons (Fsp3) is 0.600. The van der Waals surface area contributed by atoms with Crippen LogP contribution in [0.4, 0.5) is 0 Å². The third kappa shape index (κ3) is 5.14. The Balaban J connectivity index is 3.34. The molecule has 0 aromatic heterocycles. The van der Waals surface area contributed by atoms with Crippen LogP contribution in [0.1, 0.15) is 0 Å². The molecule has 0 amide bonds. The first kappa shape index (κ1) is 7.14. The molecule has 0 aromatic carbocycles. The van der Waals surface area contributed by atoms with Crippen LogP contribution in [0, 0.1) is 0 Å². The summed E-state index contributed by atoms with van der Waals surface area (Å²) in [4.78, 5) is 9.31. The Bertz CT molecular complexity index is 93.8. The fourth-order valence-electron chi connectivity index (χ4n) is 0.230. The van der Waals surface area contributed by atoms with Crippen LogP contribution >= 0.6 is 0 Å². The van der Waals surface area contributed by atoms with Gasteiger partial charge < -0.3 is 4.90 Å². The van der Waals surface area contributed by atoms with Crippen molar-refractivity contribution in [3.05, 3.63) is 0 Å². The molecule has 0 aromatic rings. The maximum absolute atomic E-state index is 3.80. The van der Waals surface area contributed by atoms with Crippen molar-refractivity contribution in [1.82, 2.24) is 4.90 Å². The molecule has 0 atom stereocenters. The number of rotatable bonds is 2. The summed E-state index contributed by atoms with van der Waals surface area (Å²) in [6, 6.07) is 0. The Morgan fingerprint density at radius 2 is 2.00 bits per heavy atom. The van der Waals surface area contributed by atoms with E-state index in [-0.39, 0.29) is 0 Å². The topological polar surface area (TPSA) is 28.0 Å². The maximum atomic E-state index is 3.80. The van der Waals surface area contributed by atoms with E-state index in [0.29, 0.717) is 0 Å². The van der Waals surface area contributed by atoms with Crippen LogP contribution in [-0.4, -0.2) is 38.7 Å². The van der Waals surface area contributed by atoms with Gasteiger partial charge in [0, 0.05) is 21.1 Å². The molecule has 0 aliphatic carbocycles. The van der Waals surface area contributed by atoms with Crippen LogP contribution in [0.25, 0.3) is 0 Å². The van der Waals surface area contributed by atoms with Gasteiger partial charge in [-0.15, -0.1) is 0 Å². The largest absolute Gasteiger partial charge is 0.369 e. The fourth-order valence-corrected chi connectivity index (χ4v) is 0.230. The SMILES string of the molecule is CN=CN=CN(C)C. The minimum Gasteiger partial charge on any atom is -0.369 e. The zero-order valence-corrected chi connectivity index (χ0v) is 5.50. The van der Waals surface area contributed by atoms with E-state index >= 15 is 0 Å². The molecule has 0 aliphatic heterocycles. The summed E-state index contributed by atoms with van der Waals surface area (Å²) in [5.41, 5.74) is 0. The Labute approximate surface area is 49.7 Å². The minimum atomic E-state index is 1.50. The lowest BCUT2D eigenvalue weighted by Crippen LogP contribution is -2.07. The molecule has 0 saturated heterocycles. The van der Waals surface area contributed by atoms with Crippen LogP contribution in [0.15, 0.2) is 9.98 Å². The molecule has 0 bridgehead atoms. The van der Waals surface area contributed by atoms with E-state index in [0.717, 1.165) is 0 Å². The van der Waals surface area contributed by atoms with Crippen LogP contribution < -0.4 is 0 Å². The number of nitrogens with zero attached hydrogens (tertiary/aromatic N) is 3. The van der Waals surface area contributed by atoms with Crippen molar-refractivity contribution in [2.75, 3.05) is 21.1 Å². The second-order valence-electron chi connectivity index (χ2n) is 1.60. The summed E-state index contributed by atoms with van der Waals surface area (Å²) in [5, 5.41) is 0. The van der Waals surface area contributed by atoms with Gasteiger partial charge in [0.1, 0.15) is 6.34 Å². The first-order valence-electron chi connectivity index (χ1n) is 2.37. The van der Waals surface area contributed by atoms with Gasteiger partial charge in [0.05, 0.1) is 6.34 Å². The van der Waals surface area contributed by atoms with Gasteiger partial charge in [-0.3, -0.25) is 4.99 Å². The van der Waals surface area contributed by atoms with E-state index < -0.39 is 0 Å². The lowest BCUT2D eigenvalue weighted by Gasteiger charge is -1.98. The molecule has 0 N–H and O–H groups in total. The van der Waals surface area contributed by atoms with Crippen molar-refractivity contribution in [2.24, 2.45) is 9.98 Å². The van der Waals surface area contributed by atoms with Gasteiger partial charge in [-0.2, -0.15) is 0 Å². The molecule has 0 saturated carbocycles. The number of hydrogen-bond acceptors (Lipinski definition) is 1. The normalized spacial score (nSPS) is 11.4. The van der Waals surface area contributed by atoms with E-state index in [4.69, 9.17) is 0 Å². The summed E-state index contributed by atoms with van der Waals surface area (Å²) < 4.78 is 0. The minimum absolute atomic E-state index is 1.50. The summed E-state index contributed by atoms with van der Waals surface area (Å²) in [6.07, 6.45) is 3.19. The highest BCUT2D eigenvalue weighted by atomic mass is 15.1. The second-order valence-corrected chi connectivity index (χ2v) is 1.60. The first-order valence-corrected chi connectivity index (χ1v) is 2.37. The van der Waals surface area contributed by atoms with E-state index in [1.165, 1.54) is 6.34 Å². The molecule has 3 nitrogen and oxygen atoms in total. The van der Waals surface area contributed by atoms with Crippen molar-refractivity contribution in [1.29, 1.82) is 0 Å². The third-order valence-electron chi connectivity index (χ3n) is 0.480. The van der Waals surface area contributed by atoms with Crippen molar-refractivity contribution < 1.29 is 0 Å². The molecule has 46 valence electrons. The Kier molecular flexibility index (Phi) is 3.84. The first-order chi connectivity index (χ1) is 3.77. The van der Waals surface area contributed by atoms with Crippen LogP contribution in [0.5, 0.6) is 0 Å². The van der Waals surface area contributed by atoms with E-state index in [9.17, 15) is 0 Å². The maximum Gasteiger partial charge on any atom is 0.111 e. The molecule has 0 spiro atoms. The van der Waals surface area contributed by atoms with Crippen LogP contribution in [0.3, 0.4) is 0 Å². The summed E-state index contributed by atoms with van der Waals surface area (Å²) in [7, 11) is 5.51. The summed E-state index contributed by atoms with van der Waals surface area (Å²) in [5.74, 6) is 0. The molecule has 0 unspecified atom stereocenters. The average molecular weight is 113 g/mol. The molecule has 0 heterocycles. The van der Waals surface area contributed by atoms with Gasteiger partial charge >= 0.3 is 0 Å². The third-order valence-corrected chi connectivity index (χ3v) is 0.480. The Hall–Kier alpha value is -0.860. The predicted molar refractivity (Wildman–Crippen MR) is 36.6 cm³/mol. The van der Waals surface area contributed by atoms with E-state index in [1.807, 2.05) is 19.0 Å².